The third-order valence-electron chi connectivity index (χ3n) is 1.53. The fraction of sp³-hybridized carbons (Fsp3) is 0.500. The molecule has 68 valence electrons. The van der Waals surface area contributed by atoms with Crippen LogP contribution in [0.5, 0.6) is 0 Å². The number of rotatable bonds is 4. The standard InChI is InChI=1S/C8H11FO3/c1-11-5-6-2-3-12-8(6)7(10)4-9/h2-3,7,10H,4-5H2,1H3. The van der Waals surface area contributed by atoms with Gasteiger partial charge in [-0.25, -0.2) is 4.39 Å². The van der Waals surface area contributed by atoms with Gasteiger partial charge in [0.05, 0.1) is 12.9 Å². The largest absolute Gasteiger partial charge is 0.466 e. The van der Waals surface area contributed by atoms with E-state index in [0.717, 1.165) is 0 Å². The Bertz CT molecular complexity index is 234. The predicted molar refractivity (Wildman–Crippen MR) is 40.4 cm³/mol. The summed E-state index contributed by atoms with van der Waals surface area (Å²) in [5.74, 6) is 0.249. The zero-order valence-corrected chi connectivity index (χ0v) is 6.79. The van der Waals surface area contributed by atoms with Crippen molar-refractivity contribution < 1.29 is 18.7 Å². The summed E-state index contributed by atoms with van der Waals surface area (Å²) in [5, 5.41) is 9.10. The van der Waals surface area contributed by atoms with Crippen molar-refractivity contribution >= 4 is 0 Å². The zero-order valence-electron chi connectivity index (χ0n) is 6.79. The van der Waals surface area contributed by atoms with E-state index in [1.54, 1.807) is 6.07 Å². The van der Waals surface area contributed by atoms with Crippen LogP contribution in [0, 0.1) is 0 Å². The normalized spacial score (nSPS) is 13.2. The van der Waals surface area contributed by atoms with E-state index in [0.29, 0.717) is 12.2 Å². The molecule has 1 unspecified atom stereocenters. The monoisotopic (exact) mass is 174 g/mol. The molecule has 0 aromatic carbocycles. The minimum absolute atomic E-state index is 0.249. The van der Waals surface area contributed by atoms with Crippen LogP contribution in [0.4, 0.5) is 4.39 Å². The molecular weight excluding hydrogens is 163 g/mol. The quantitative estimate of drug-likeness (QED) is 0.750. The molecule has 0 aliphatic carbocycles. The molecule has 0 aliphatic rings. The minimum Gasteiger partial charge on any atom is -0.466 e. The molecule has 0 spiro atoms. The van der Waals surface area contributed by atoms with Crippen LogP contribution in [-0.2, 0) is 11.3 Å². The lowest BCUT2D eigenvalue weighted by molar-refractivity contribution is 0.111. The first kappa shape index (κ1) is 9.22. The summed E-state index contributed by atoms with van der Waals surface area (Å²) in [4.78, 5) is 0. The molecular formula is C8H11FO3. The van der Waals surface area contributed by atoms with Crippen LogP contribution in [0.3, 0.4) is 0 Å². The topological polar surface area (TPSA) is 42.6 Å². The van der Waals surface area contributed by atoms with Crippen LogP contribution >= 0.6 is 0 Å². The van der Waals surface area contributed by atoms with E-state index in [-0.39, 0.29) is 5.76 Å². The number of methoxy groups -OCH3 is 1. The Labute approximate surface area is 69.8 Å². The summed E-state index contributed by atoms with van der Waals surface area (Å²) in [6, 6.07) is 1.65. The number of hydrogen-bond acceptors (Lipinski definition) is 3. The molecule has 0 saturated carbocycles. The summed E-state index contributed by atoms with van der Waals surface area (Å²) in [7, 11) is 1.53. The van der Waals surface area contributed by atoms with Crippen molar-refractivity contribution in [1.29, 1.82) is 0 Å². The molecule has 0 fully saturated rings. The third-order valence-corrected chi connectivity index (χ3v) is 1.53. The van der Waals surface area contributed by atoms with Gasteiger partial charge in [0, 0.05) is 12.7 Å². The minimum atomic E-state index is -1.18. The molecule has 1 atom stereocenters. The average molecular weight is 174 g/mol. The average Bonchev–Trinajstić information content (AvgIpc) is 2.52. The fourth-order valence-corrected chi connectivity index (χ4v) is 0.985. The van der Waals surface area contributed by atoms with Crippen LogP contribution in [0.15, 0.2) is 16.7 Å². The molecule has 1 aromatic rings. The molecule has 0 amide bonds. The smallest absolute Gasteiger partial charge is 0.140 e. The lowest BCUT2D eigenvalue weighted by Crippen LogP contribution is -2.01. The highest BCUT2D eigenvalue weighted by Crippen LogP contribution is 2.20. The molecule has 12 heavy (non-hydrogen) atoms. The van der Waals surface area contributed by atoms with Crippen molar-refractivity contribution in [2.75, 3.05) is 13.8 Å². The number of halogens is 1. The van der Waals surface area contributed by atoms with Gasteiger partial charge in [-0.3, -0.25) is 0 Å². The van der Waals surface area contributed by atoms with Crippen LogP contribution in [-0.4, -0.2) is 18.9 Å². The molecule has 1 aromatic heterocycles. The zero-order chi connectivity index (χ0) is 8.97. The van der Waals surface area contributed by atoms with Gasteiger partial charge >= 0.3 is 0 Å². The van der Waals surface area contributed by atoms with Gasteiger partial charge in [0.25, 0.3) is 0 Å². The molecule has 0 saturated heterocycles. The fourth-order valence-electron chi connectivity index (χ4n) is 0.985. The second-order valence-electron chi connectivity index (χ2n) is 2.41. The van der Waals surface area contributed by atoms with Gasteiger partial charge in [-0.2, -0.15) is 0 Å². The number of aliphatic hydroxyl groups is 1. The summed E-state index contributed by atoms with van der Waals surface area (Å²) >= 11 is 0. The van der Waals surface area contributed by atoms with Gasteiger partial charge in [-0.1, -0.05) is 0 Å². The number of hydrogen-bond donors (Lipinski definition) is 1. The Balaban J connectivity index is 2.76. The molecule has 4 heteroatoms. The predicted octanol–water partition coefficient (Wildman–Crippen LogP) is 1.43. The first-order valence-corrected chi connectivity index (χ1v) is 3.58. The maximum absolute atomic E-state index is 12.0. The lowest BCUT2D eigenvalue weighted by atomic mass is 10.2. The van der Waals surface area contributed by atoms with Crippen molar-refractivity contribution in [3.05, 3.63) is 23.7 Å². The van der Waals surface area contributed by atoms with Crippen LogP contribution < -0.4 is 0 Å². The molecule has 1 heterocycles. The Kier molecular flexibility index (Phi) is 3.25. The van der Waals surface area contributed by atoms with Gasteiger partial charge in [0.15, 0.2) is 0 Å². The maximum Gasteiger partial charge on any atom is 0.140 e. The van der Waals surface area contributed by atoms with Crippen molar-refractivity contribution in [3.63, 3.8) is 0 Å². The SMILES string of the molecule is COCc1ccoc1C(O)CF. The summed E-state index contributed by atoms with van der Waals surface area (Å²) in [6.07, 6.45) is 0.230. The van der Waals surface area contributed by atoms with Crippen molar-refractivity contribution in [2.45, 2.75) is 12.7 Å². The van der Waals surface area contributed by atoms with Gasteiger partial charge in [-0.15, -0.1) is 0 Å². The van der Waals surface area contributed by atoms with Gasteiger partial charge in [0.1, 0.15) is 18.5 Å². The summed E-state index contributed by atoms with van der Waals surface area (Å²) in [6.45, 7) is -0.521. The number of alkyl halides is 1. The first-order valence-electron chi connectivity index (χ1n) is 3.58. The third kappa shape index (κ3) is 1.84. The Morgan fingerprint density at radius 2 is 2.50 bits per heavy atom. The van der Waals surface area contributed by atoms with E-state index >= 15 is 0 Å². The van der Waals surface area contributed by atoms with Crippen LogP contribution in [0.1, 0.15) is 17.4 Å². The van der Waals surface area contributed by atoms with E-state index in [1.807, 2.05) is 0 Å². The Morgan fingerprint density at radius 3 is 3.08 bits per heavy atom. The number of aliphatic hydroxyl groups excluding tert-OH is 1. The molecule has 0 bridgehead atoms. The van der Waals surface area contributed by atoms with Gasteiger partial charge in [-0.05, 0) is 6.07 Å². The highest BCUT2D eigenvalue weighted by molar-refractivity contribution is 5.18. The molecule has 3 nitrogen and oxygen atoms in total. The highest BCUT2D eigenvalue weighted by Gasteiger charge is 2.15. The number of furan rings is 1. The first-order chi connectivity index (χ1) is 5.79. The molecule has 0 aliphatic heterocycles. The van der Waals surface area contributed by atoms with E-state index in [2.05, 4.69) is 0 Å². The van der Waals surface area contributed by atoms with Crippen molar-refractivity contribution in [1.82, 2.24) is 0 Å². The molecule has 0 radical (unpaired) electrons. The lowest BCUT2D eigenvalue weighted by Gasteiger charge is -2.04. The van der Waals surface area contributed by atoms with E-state index < -0.39 is 12.8 Å². The van der Waals surface area contributed by atoms with E-state index in [4.69, 9.17) is 14.3 Å². The van der Waals surface area contributed by atoms with E-state index in [9.17, 15) is 4.39 Å². The van der Waals surface area contributed by atoms with Crippen molar-refractivity contribution in [2.24, 2.45) is 0 Å². The Morgan fingerprint density at radius 1 is 1.75 bits per heavy atom. The maximum atomic E-state index is 12.0. The molecule has 1 N–H and O–H groups in total. The second kappa shape index (κ2) is 4.23. The number of ether oxygens (including phenoxy) is 1. The van der Waals surface area contributed by atoms with E-state index in [1.165, 1.54) is 13.4 Å². The van der Waals surface area contributed by atoms with Crippen LogP contribution in [0.25, 0.3) is 0 Å². The van der Waals surface area contributed by atoms with Crippen LogP contribution in [0.2, 0.25) is 0 Å². The Hall–Kier alpha value is -0.870. The van der Waals surface area contributed by atoms with Gasteiger partial charge in [0.2, 0.25) is 0 Å². The van der Waals surface area contributed by atoms with Crippen molar-refractivity contribution in [3.8, 4) is 0 Å². The molecule has 1 rings (SSSR count). The second-order valence-corrected chi connectivity index (χ2v) is 2.41. The van der Waals surface area contributed by atoms with Gasteiger partial charge < -0.3 is 14.3 Å². The summed E-state index contributed by atoms with van der Waals surface area (Å²) < 4.78 is 21.7. The highest BCUT2D eigenvalue weighted by atomic mass is 19.1. The summed E-state index contributed by atoms with van der Waals surface area (Å²) in [5.41, 5.74) is 0.683.